The Morgan fingerprint density at radius 3 is 2.80 bits per heavy atom. The van der Waals surface area contributed by atoms with Crippen LogP contribution < -0.4 is 5.73 Å². The molecule has 0 saturated carbocycles. The standard InChI is InChI=1S/C22H27ClN6O/c1-13-20(24)25-12-26-21(13)29-9-7-15-17(29)10-16(23)19(22(30)27(2)3)18(15)14-6-5-8-28(4)11-14/h7,9-10,12,14H,5-6,8,11H2,1-4H3,(H2,24,25,26). The monoisotopic (exact) mass is 426 g/mol. The van der Waals surface area contributed by atoms with Gasteiger partial charge in [0.2, 0.25) is 0 Å². The molecule has 0 bridgehead atoms. The van der Waals surface area contributed by atoms with Crippen molar-refractivity contribution in [3.05, 3.63) is 46.4 Å². The number of nitrogens with zero attached hydrogens (tertiary/aromatic N) is 5. The number of nitrogens with two attached hydrogens (primary N) is 1. The Morgan fingerprint density at radius 1 is 1.33 bits per heavy atom. The number of aromatic nitrogens is 3. The summed E-state index contributed by atoms with van der Waals surface area (Å²) < 4.78 is 1.98. The Balaban J connectivity index is 2.00. The fourth-order valence-corrected chi connectivity index (χ4v) is 4.71. The Morgan fingerprint density at radius 2 is 2.10 bits per heavy atom. The lowest BCUT2D eigenvalue weighted by Gasteiger charge is -2.32. The van der Waals surface area contributed by atoms with Gasteiger partial charge in [-0.15, -0.1) is 0 Å². The number of hydrogen-bond donors (Lipinski definition) is 1. The Labute approximate surface area is 181 Å². The molecule has 4 rings (SSSR count). The first-order valence-electron chi connectivity index (χ1n) is 10.1. The van der Waals surface area contributed by atoms with Crippen LogP contribution in [0.15, 0.2) is 24.7 Å². The van der Waals surface area contributed by atoms with E-state index in [1.807, 2.05) is 23.8 Å². The fourth-order valence-electron chi connectivity index (χ4n) is 4.42. The van der Waals surface area contributed by atoms with E-state index in [1.165, 1.54) is 6.33 Å². The molecule has 0 spiro atoms. The molecular weight excluding hydrogens is 400 g/mol. The number of carbonyl (C=O) groups is 1. The molecule has 2 aromatic heterocycles. The molecule has 3 aromatic rings. The van der Waals surface area contributed by atoms with Gasteiger partial charge in [-0.2, -0.15) is 0 Å². The van der Waals surface area contributed by atoms with Gasteiger partial charge in [-0.1, -0.05) is 11.6 Å². The number of piperidine rings is 1. The molecule has 0 radical (unpaired) electrons. The predicted octanol–water partition coefficient (Wildman–Crippen LogP) is 3.48. The van der Waals surface area contributed by atoms with Crippen LogP contribution in [0.1, 0.15) is 40.2 Å². The molecule has 1 amide bonds. The quantitative estimate of drug-likeness (QED) is 0.693. The third kappa shape index (κ3) is 3.42. The van der Waals surface area contributed by atoms with Crippen LogP contribution in [0.25, 0.3) is 16.7 Å². The smallest absolute Gasteiger partial charge is 0.255 e. The topological polar surface area (TPSA) is 80.3 Å². The summed E-state index contributed by atoms with van der Waals surface area (Å²) in [6.45, 7) is 3.87. The number of likely N-dealkylation sites (tertiary alicyclic amines) is 1. The highest BCUT2D eigenvalue weighted by Gasteiger charge is 2.29. The van der Waals surface area contributed by atoms with Gasteiger partial charge in [-0.25, -0.2) is 9.97 Å². The van der Waals surface area contributed by atoms with E-state index in [2.05, 4.69) is 28.0 Å². The zero-order valence-electron chi connectivity index (χ0n) is 17.8. The lowest BCUT2D eigenvalue weighted by molar-refractivity contribution is 0.0825. The van der Waals surface area contributed by atoms with E-state index in [4.69, 9.17) is 17.3 Å². The summed E-state index contributed by atoms with van der Waals surface area (Å²) in [4.78, 5) is 25.5. The maximum Gasteiger partial charge on any atom is 0.255 e. The molecule has 158 valence electrons. The van der Waals surface area contributed by atoms with E-state index >= 15 is 0 Å². The van der Waals surface area contributed by atoms with E-state index < -0.39 is 0 Å². The summed E-state index contributed by atoms with van der Waals surface area (Å²) >= 11 is 6.76. The lowest BCUT2D eigenvalue weighted by atomic mass is 9.85. The number of benzene rings is 1. The Bertz CT molecular complexity index is 1120. The number of anilines is 1. The van der Waals surface area contributed by atoms with Crippen LogP contribution in [0.5, 0.6) is 0 Å². The van der Waals surface area contributed by atoms with E-state index in [9.17, 15) is 4.79 Å². The summed E-state index contributed by atoms with van der Waals surface area (Å²) in [7, 11) is 5.65. The molecule has 2 N–H and O–H groups in total. The van der Waals surface area contributed by atoms with Gasteiger partial charge in [0.05, 0.1) is 16.1 Å². The third-order valence-corrected chi connectivity index (χ3v) is 6.26. The summed E-state index contributed by atoms with van der Waals surface area (Å²) in [6.07, 6.45) is 5.55. The molecule has 1 aliphatic rings. The highest BCUT2D eigenvalue weighted by atomic mass is 35.5. The van der Waals surface area contributed by atoms with Crippen LogP contribution in [0.4, 0.5) is 5.82 Å². The second-order valence-electron chi connectivity index (χ2n) is 8.27. The zero-order valence-corrected chi connectivity index (χ0v) is 18.6. The highest BCUT2D eigenvalue weighted by molar-refractivity contribution is 6.35. The first-order chi connectivity index (χ1) is 14.3. The van der Waals surface area contributed by atoms with Gasteiger partial charge < -0.3 is 20.1 Å². The maximum atomic E-state index is 13.1. The van der Waals surface area contributed by atoms with Crippen molar-refractivity contribution in [2.45, 2.75) is 25.7 Å². The minimum absolute atomic E-state index is 0.0691. The second kappa shape index (κ2) is 7.89. The summed E-state index contributed by atoms with van der Waals surface area (Å²) in [5, 5.41) is 1.49. The molecule has 7 nitrogen and oxygen atoms in total. The van der Waals surface area contributed by atoms with Crippen molar-refractivity contribution >= 4 is 34.2 Å². The molecular formula is C22H27ClN6O. The molecule has 1 atom stereocenters. The number of amides is 1. The maximum absolute atomic E-state index is 13.1. The van der Waals surface area contributed by atoms with E-state index in [0.717, 1.165) is 48.0 Å². The van der Waals surface area contributed by atoms with Crippen LogP contribution in [-0.2, 0) is 0 Å². The van der Waals surface area contributed by atoms with Crippen molar-refractivity contribution in [1.82, 2.24) is 24.3 Å². The lowest BCUT2D eigenvalue weighted by Crippen LogP contribution is -2.32. The number of likely N-dealkylation sites (N-methyl/N-ethyl adjacent to an activating group) is 1. The normalized spacial score (nSPS) is 17.4. The number of carbonyl (C=O) groups excluding carboxylic acids is 1. The molecule has 0 aliphatic carbocycles. The van der Waals surface area contributed by atoms with Crippen LogP contribution in [0.2, 0.25) is 5.02 Å². The van der Waals surface area contributed by atoms with Crippen molar-refractivity contribution in [2.24, 2.45) is 0 Å². The zero-order chi connectivity index (χ0) is 21.6. The number of hydrogen-bond acceptors (Lipinski definition) is 5. The number of fused-ring (bicyclic) bond motifs is 1. The van der Waals surface area contributed by atoms with Crippen LogP contribution in [0, 0.1) is 6.92 Å². The van der Waals surface area contributed by atoms with Gasteiger partial charge in [0.1, 0.15) is 18.0 Å². The molecule has 1 unspecified atom stereocenters. The van der Waals surface area contributed by atoms with Crippen molar-refractivity contribution < 1.29 is 4.79 Å². The average molecular weight is 427 g/mol. The molecule has 8 heteroatoms. The van der Waals surface area contributed by atoms with Gasteiger partial charge in [0, 0.05) is 37.8 Å². The molecule has 3 heterocycles. The first kappa shape index (κ1) is 20.6. The number of rotatable bonds is 3. The van der Waals surface area contributed by atoms with Crippen LogP contribution in [0.3, 0.4) is 0 Å². The predicted molar refractivity (Wildman–Crippen MR) is 121 cm³/mol. The van der Waals surface area contributed by atoms with Gasteiger partial charge in [0.15, 0.2) is 0 Å². The van der Waals surface area contributed by atoms with Crippen molar-refractivity contribution in [3.8, 4) is 5.82 Å². The van der Waals surface area contributed by atoms with Crippen LogP contribution in [-0.4, -0.2) is 64.5 Å². The van der Waals surface area contributed by atoms with Gasteiger partial charge >= 0.3 is 0 Å². The van der Waals surface area contributed by atoms with Gasteiger partial charge in [0.25, 0.3) is 5.91 Å². The number of halogens is 1. The van der Waals surface area contributed by atoms with Gasteiger partial charge in [-0.05, 0) is 57.0 Å². The SMILES string of the molecule is Cc1c(N)ncnc1-n1ccc2c(C3CCCN(C)C3)c(C(=O)N(C)C)c(Cl)cc21. The van der Waals surface area contributed by atoms with Gasteiger partial charge in [-0.3, -0.25) is 4.79 Å². The molecule has 1 saturated heterocycles. The summed E-state index contributed by atoms with van der Waals surface area (Å²) in [5.41, 5.74) is 9.37. The van der Waals surface area contributed by atoms with Crippen molar-refractivity contribution in [2.75, 3.05) is 40.0 Å². The van der Waals surface area contributed by atoms with Crippen LogP contribution >= 0.6 is 11.6 Å². The molecule has 1 aromatic carbocycles. The highest BCUT2D eigenvalue weighted by Crippen LogP contribution is 2.39. The first-order valence-corrected chi connectivity index (χ1v) is 10.5. The Hall–Kier alpha value is -2.64. The minimum atomic E-state index is -0.0691. The third-order valence-electron chi connectivity index (χ3n) is 5.96. The summed E-state index contributed by atoms with van der Waals surface area (Å²) in [5.74, 6) is 1.32. The van der Waals surface area contributed by atoms with E-state index in [0.29, 0.717) is 22.2 Å². The second-order valence-corrected chi connectivity index (χ2v) is 8.68. The van der Waals surface area contributed by atoms with E-state index in [-0.39, 0.29) is 11.8 Å². The van der Waals surface area contributed by atoms with Crippen molar-refractivity contribution in [3.63, 3.8) is 0 Å². The fraction of sp³-hybridized carbons (Fsp3) is 0.409. The Kier molecular flexibility index (Phi) is 5.42. The molecule has 1 aliphatic heterocycles. The summed E-state index contributed by atoms with van der Waals surface area (Å²) in [6, 6.07) is 3.92. The largest absolute Gasteiger partial charge is 0.383 e. The van der Waals surface area contributed by atoms with Crippen molar-refractivity contribution in [1.29, 1.82) is 0 Å². The molecule has 1 fully saturated rings. The minimum Gasteiger partial charge on any atom is -0.383 e. The number of nitrogen functional groups attached to an aromatic ring is 1. The molecule has 30 heavy (non-hydrogen) atoms. The van der Waals surface area contributed by atoms with E-state index in [1.54, 1.807) is 19.0 Å². The average Bonchev–Trinajstić information content (AvgIpc) is 3.11.